The number of hydrogen-bond donors (Lipinski definition) is 1. The van der Waals surface area contributed by atoms with E-state index in [1.165, 1.54) is 18.7 Å². The van der Waals surface area contributed by atoms with Gasteiger partial charge < -0.3 is 4.98 Å². The third-order valence-corrected chi connectivity index (χ3v) is 6.58. The second-order valence-electron chi connectivity index (χ2n) is 5.53. The number of nitrogens with zero attached hydrogens (tertiary/aromatic N) is 1. The molecule has 20 heavy (non-hydrogen) atoms. The second kappa shape index (κ2) is 5.16. The van der Waals surface area contributed by atoms with Crippen LogP contribution in [-0.2, 0) is 10.0 Å². The predicted molar refractivity (Wildman–Crippen MR) is 76.3 cm³/mol. The lowest BCUT2D eigenvalue weighted by molar-refractivity contribution is 0.260. The Balaban J connectivity index is 1.95. The fourth-order valence-corrected chi connectivity index (χ4v) is 5.35. The Kier molecular flexibility index (Phi) is 3.64. The van der Waals surface area contributed by atoms with Crippen molar-refractivity contribution in [3.8, 4) is 0 Å². The molecular weight excluding hydrogens is 300 g/mol. The molecule has 0 spiro atoms. The number of pyridine rings is 1. The summed E-state index contributed by atoms with van der Waals surface area (Å²) in [5.41, 5.74) is -0.470. The van der Waals surface area contributed by atoms with Crippen LogP contribution in [0.15, 0.2) is 22.0 Å². The van der Waals surface area contributed by atoms with Crippen molar-refractivity contribution in [1.29, 1.82) is 0 Å². The first-order valence-electron chi connectivity index (χ1n) is 6.90. The van der Waals surface area contributed by atoms with Crippen LogP contribution in [0.1, 0.15) is 32.1 Å². The van der Waals surface area contributed by atoms with Gasteiger partial charge in [-0.1, -0.05) is 24.4 Å². The molecule has 1 saturated heterocycles. The summed E-state index contributed by atoms with van der Waals surface area (Å²) >= 11 is 5.74. The number of aromatic amines is 1. The van der Waals surface area contributed by atoms with Crippen LogP contribution in [0.5, 0.6) is 0 Å². The van der Waals surface area contributed by atoms with Gasteiger partial charge in [-0.05, 0) is 31.2 Å². The van der Waals surface area contributed by atoms with Gasteiger partial charge in [-0.3, -0.25) is 4.79 Å². The molecule has 2 fully saturated rings. The zero-order chi connectivity index (χ0) is 14.3. The van der Waals surface area contributed by atoms with Gasteiger partial charge in [0.2, 0.25) is 10.0 Å². The first kappa shape index (κ1) is 14.1. The molecular formula is C13H17ClN2O3S. The molecule has 1 N–H and O–H groups in total. The maximum atomic E-state index is 12.7. The molecule has 0 radical (unpaired) electrons. The largest absolute Gasteiger partial charge is 0.326 e. The maximum absolute atomic E-state index is 12.7. The van der Waals surface area contributed by atoms with Crippen LogP contribution in [0.2, 0.25) is 5.02 Å². The summed E-state index contributed by atoms with van der Waals surface area (Å²) in [4.78, 5) is 13.7. The van der Waals surface area contributed by atoms with Crippen LogP contribution < -0.4 is 5.56 Å². The summed E-state index contributed by atoms with van der Waals surface area (Å²) in [6, 6.07) is 1.35. The first-order chi connectivity index (χ1) is 9.50. The molecule has 7 heteroatoms. The molecule has 0 amide bonds. The molecule has 1 aromatic heterocycles. The minimum atomic E-state index is -3.57. The number of nitrogens with one attached hydrogen (secondary N) is 1. The number of hydrogen-bond acceptors (Lipinski definition) is 3. The van der Waals surface area contributed by atoms with Gasteiger partial charge in [-0.15, -0.1) is 0 Å². The average molecular weight is 317 g/mol. The smallest absolute Gasteiger partial charge is 0.266 e. The highest BCUT2D eigenvalue weighted by Gasteiger charge is 2.42. The molecule has 1 aliphatic heterocycles. The fraction of sp³-hybridized carbons (Fsp3) is 0.615. The highest BCUT2D eigenvalue weighted by atomic mass is 35.5. The highest BCUT2D eigenvalue weighted by Crippen LogP contribution is 2.39. The molecule has 0 aromatic carbocycles. The van der Waals surface area contributed by atoms with Crippen molar-refractivity contribution in [1.82, 2.24) is 9.29 Å². The number of rotatable bonds is 2. The third-order valence-electron chi connectivity index (χ3n) is 4.40. The van der Waals surface area contributed by atoms with Crippen LogP contribution in [0.4, 0.5) is 0 Å². The van der Waals surface area contributed by atoms with Crippen LogP contribution in [0.3, 0.4) is 0 Å². The minimum absolute atomic E-state index is 0.0772. The van der Waals surface area contributed by atoms with E-state index in [9.17, 15) is 13.2 Å². The molecule has 0 bridgehead atoms. The van der Waals surface area contributed by atoms with Crippen LogP contribution in [0, 0.1) is 5.92 Å². The van der Waals surface area contributed by atoms with Gasteiger partial charge in [0.1, 0.15) is 5.02 Å². The summed E-state index contributed by atoms with van der Waals surface area (Å²) in [7, 11) is -3.57. The summed E-state index contributed by atoms with van der Waals surface area (Å²) < 4.78 is 27.0. The summed E-state index contributed by atoms with van der Waals surface area (Å²) in [6.45, 7) is 0.564. The zero-order valence-electron chi connectivity index (χ0n) is 11.0. The van der Waals surface area contributed by atoms with E-state index < -0.39 is 15.6 Å². The second-order valence-corrected chi connectivity index (χ2v) is 7.83. The average Bonchev–Trinajstić information content (AvgIpc) is 2.86. The molecule has 2 atom stereocenters. The van der Waals surface area contributed by atoms with Crippen molar-refractivity contribution in [2.24, 2.45) is 5.92 Å². The van der Waals surface area contributed by atoms with E-state index in [0.29, 0.717) is 12.5 Å². The molecule has 110 valence electrons. The standard InChI is InChI=1S/C13H17ClN2O3S/c14-11-7-10(8-15-13(11)17)20(18,19)16-6-5-9-3-1-2-4-12(9)16/h7-9,12H,1-6H2,(H,15,17). The van der Waals surface area contributed by atoms with Crippen molar-refractivity contribution in [3.63, 3.8) is 0 Å². The Labute approximate surface area is 123 Å². The molecule has 1 aliphatic carbocycles. The van der Waals surface area contributed by atoms with Gasteiger partial charge in [-0.25, -0.2) is 8.42 Å². The van der Waals surface area contributed by atoms with Crippen LogP contribution >= 0.6 is 11.6 Å². The van der Waals surface area contributed by atoms with Gasteiger partial charge in [-0.2, -0.15) is 4.31 Å². The zero-order valence-corrected chi connectivity index (χ0v) is 12.6. The molecule has 5 nitrogen and oxygen atoms in total. The minimum Gasteiger partial charge on any atom is -0.326 e. The van der Waals surface area contributed by atoms with E-state index in [4.69, 9.17) is 11.6 Å². The Hall–Kier alpha value is -0.850. The molecule has 2 heterocycles. The number of aromatic nitrogens is 1. The normalized spacial score (nSPS) is 27.4. The van der Waals surface area contributed by atoms with Crippen LogP contribution in [-0.4, -0.2) is 30.3 Å². The summed E-state index contributed by atoms with van der Waals surface area (Å²) in [5, 5.41) is -0.0922. The van der Waals surface area contributed by atoms with Gasteiger partial charge in [0, 0.05) is 18.8 Å². The van der Waals surface area contributed by atoms with E-state index >= 15 is 0 Å². The quantitative estimate of drug-likeness (QED) is 0.907. The Morgan fingerprint density at radius 1 is 1.25 bits per heavy atom. The highest BCUT2D eigenvalue weighted by molar-refractivity contribution is 7.89. The monoisotopic (exact) mass is 316 g/mol. The lowest BCUT2D eigenvalue weighted by atomic mass is 9.86. The van der Waals surface area contributed by atoms with Crippen molar-refractivity contribution in [2.45, 2.75) is 43.0 Å². The molecule has 2 unspecified atom stereocenters. The van der Waals surface area contributed by atoms with E-state index in [1.54, 1.807) is 4.31 Å². The molecule has 3 rings (SSSR count). The fourth-order valence-electron chi connectivity index (χ4n) is 3.38. The van der Waals surface area contributed by atoms with Crippen LogP contribution in [0.25, 0.3) is 0 Å². The Morgan fingerprint density at radius 2 is 2.00 bits per heavy atom. The van der Waals surface area contributed by atoms with Gasteiger partial charge in [0.25, 0.3) is 5.56 Å². The third kappa shape index (κ3) is 2.29. The van der Waals surface area contributed by atoms with E-state index in [2.05, 4.69) is 4.98 Å². The van der Waals surface area contributed by atoms with Crippen molar-refractivity contribution in [3.05, 3.63) is 27.6 Å². The Bertz CT molecular complexity index is 670. The van der Waals surface area contributed by atoms with Crippen molar-refractivity contribution < 1.29 is 8.42 Å². The lowest BCUT2D eigenvalue weighted by Crippen LogP contribution is -2.39. The first-order valence-corrected chi connectivity index (χ1v) is 8.72. The molecule has 1 aromatic rings. The topological polar surface area (TPSA) is 70.2 Å². The molecule has 1 saturated carbocycles. The number of H-pyrrole nitrogens is 1. The number of halogens is 1. The van der Waals surface area contributed by atoms with Gasteiger partial charge in [0.15, 0.2) is 0 Å². The maximum Gasteiger partial charge on any atom is 0.266 e. The Morgan fingerprint density at radius 3 is 2.75 bits per heavy atom. The number of sulfonamides is 1. The van der Waals surface area contributed by atoms with Gasteiger partial charge >= 0.3 is 0 Å². The van der Waals surface area contributed by atoms with Crippen molar-refractivity contribution in [2.75, 3.05) is 6.54 Å². The van der Waals surface area contributed by atoms with E-state index in [1.807, 2.05) is 0 Å². The van der Waals surface area contributed by atoms with E-state index in [-0.39, 0.29) is 16.0 Å². The van der Waals surface area contributed by atoms with E-state index in [0.717, 1.165) is 25.7 Å². The van der Waals surface area contributed by atoms with Gasteiger partial charge in [0.05, 0.1) is 4.90 Å². The lowest BCUT2D eigenvalue weighted by Gasteiger charge is -2.30. The summed E-state index contributed by atoms with van der Waals surface area (Å²) in [6.07, 6.45) is 6.49. The number of fused-ring (bicyclic) bond motifs is 1. The molecule has 2 aliphatic rings. The predicted octanol–water partition coefficient (Wildman–Crippen LogP) is 1.98. The van der Waals surface area contributed by atoms with Crippen molar-refractivity contribution >= 4 is 21.6 Å². The summed E-state index contributed by atoms with van der Waals surface area (Å²) in [5.74, 6) is 0.483. The SMILES string of the molecule is O=c1[nH]cc(S(=O)(=O)N2CCC3CCCCC32)cc1Cl.